The van der Waals surface area contributed by atoms with E-state index in [1.807, 2.05) is 0 Å². The van der Waals surface area contributed by atoms with Gasteiger partial charge < -0.3 is 4.74 Å². The lowest BCUT2D eigenvalue weighted by Gasteiger charge is -2.08. The summed E-state index contributed by atoms with van der Waals surface area (Å²) in [5.41, 5.74) is 1.20. The summed E-state index contributed by atoms with van der Waals surface area (Å²) in [6.07, 6.45) is 0. The molecule has 0 aliphatic rings. The molecule has 2 heterocycles. The van der Waals surface area contributed by atoms with Crippen LogP contribution in [0.15, 0.2) is 54.6 Å². The minimum atomic E-state index is -0.428. The van der Waals surface area contributed by atoms with Gasteiger partial charge in [-0.25, -0.2) is 4.39 Å². The van der Waals surface area contributed by atoms with E-state index in [2.05, 4.69) is 15.3 Å². The molecule has 0 aliphatic heterocycles. The van der Waals surface area contributed by atoms with Gasteiger partial charge >= 0.3 is 0 Å². The first-order valence-corrected chi connectivity index (χ1v) is 8.36. The number of rotatable bonds is 4. The largest absolute Gasteiger partial charge is 0.436 e. The van der Waals surface area contributed by atoms with E-state index < -0.39 is 5.82 Å². The topological polar surface area (TPSA) is 69.4 Å². The molecule has 134 valence electrons. The van der Waals surface area contributed by atoms with E-state index in [-0.39, 0.29) is 28.1 Å². The third-order valence-electron chi connectivity index (χ3n) is 3.91. The van der Waals surface area contributed by atoms with Gasteiger partial charge in [0.25, 0.3) is 0 Å². The number of Topliss-reactive ketones (excluding diaryl/α,β-unsaturated/α-hetero) is 1. The summed E-state index contributed by atoms with van der Waals surface area (Å²) in [4.78, 5) is 11.4. The summed E-state index contributed by atoms with van der Waals surface area (Å²) >= 11 is 6.18. The van der Waals surface area contributed by atoms with Crippen LogP contribution in [-0.4, -0.2) is 25.6 Å². The average Bonchev–Trinajstić information content (AvgIpc) is 3.07. The van der Waals surface area contributed by atoms with E-state index in [1.54, 1.807) is 42.5 Å². The van der Waals surface area contributed by atoms with E-state index in [0.29, 0.717) is 17.0 Å². The second kappa shape index (κ2) is 6.77. The summed E-state index contributed by atoms with van der Waals surface area (Å²) in [5.74, 6) is 0.294. The number of benzene rings is 2. The van der Waals surface area contributed by atoms with Gasteiger partial charge in [0.05, 0.1) is 10.6 Å². The molecule has 4 aromatic rings. The summed E-state index contributed by atoms with van der Waals surface area (Å²) in [6.45, 7) is 1.46. The molecule has 0 saturated heterocycles. The van der Waals surface area contributed by atoms with Crippen molar-refractivity contribution in [3.05, 3.63) is 71.0 Å². The molecule has 0 aliphatic carbocycles. The zero-order valence-electron chi connectivity index (χ0n) is 14.1. The quantitative estimate of drug-likeness (QED) is 0.483. The van der Waals surface area contributed by atoms with Crippen molar-refractivity contribution in [3.63, 3.8) is 0 Å². The van der Waals surface area contributed by atoms with E-state index in [1.165, 1.54) is 23.6 Å². The van der Waals surface area contributed by atoms with Crippen LogP contribution in [0, 0.1) is 5.82 Å². The van der Waals surface area contributed by atoms with Gasteiger partial charge in [-0.3, -0.25) is 4.79 Å². The lowest BCUT2D eigenvalue weighted by atomic mass is 10.1. The van der Waals surface area contributed by atoms with Gasteiger partial charge in [0.2, 0.25) is 5.88 Å². The van der Waals surface area contributed by atoms with Gasteiger partial charge in [-0.2, -0.15) is 4.52 Å². The van der Waals surface area contributed by atoms with Gasteiger partial charge in [-0.05, 0) is 43.3 Å². The van der Waals surface area contributed by atoms with E-state index in [9.17, 15) is 9.18 Å². The Morgan fingerprint density at radius 2 is 1.93 bits per heavy atom. The molecule has 2 aromatic heterocycles. The molecule has 6 nitrogen and oxygen atoms in total. The van der Waals surface area contributed by atoms with Gasteiger partial charge in [0.1, 0.15) is 11.6 Å². The normalized spacial score (nSPS) is 10.9. The number of carbonyl (C=O) groups is 1. The lowest BCUT2D eigenvalue weighted by Crippen LogP contribution is -1.99. The first-order chi connectivity index (χ1) is 13.0. The maximum absolute atomic E-state index is 14.1. The second-order valence-electron chi connectivity index (χ2n) is 5.75. The summed E-state index contributed by atoms with van der Waals surface area (Å²) in [7, 11) is 0. The summed E-state index contributed by atoms with van der Waals surface area (Å²) in [5, 5.41) is 12.6. The predicted octanol–water partition coefficient (Wildman–Crippen LogP) is 4.58. The molecule has 0 radical (unpaired) electrons. The monoisotopic (exact) mass is 382 g/mol. The molecule has 27 heavy (non-hydrogen) atoms. The van der Waals surface area contributed by atoms with Gasteiger partial charge in [0, 0.05) is 11.6 Å². The smallest absolute Gasteiger partial charge is 0.237 e. The minimum absolute atomic E-state index is 0.0954. The highest BCUT2D eigenvalue weighted by molar-refractivity contribution is 6.32. The predicted molar refractivity (Wildman–Crippen MR) is 97.7 cm³/mol. The molecule has 2 aromatic carbocycles. The van der Waals surface area contributed by atoms with Crippen LogP contribution < -0.4 is 4.74 Å². The fourth-order valence-corrected chi connectivity index (χ4v) is 2.77. The SMILES string of the molecule is CC(=O)c1ccc(Oc2ccc3nnc(-c4ccccc4F)n3n2)c(Cl)c1. The van der Waals surface area contributed by atoms with Crippen LogP contribution >= 0.6 is 11.6 Å². The van der Waals surface area contributed by atoms with Crippen molar-refractivity contribution in [1.82, 2.24) is 19.8 Å². The molecule has 8 heteroatoms. The van der Waals surface area contributed by atoms with E-state index in [4.69, 9.17) is 16.3 Å². The van der Waals surface area contributed by atoms with Crippen molar-refractivity contribution in [2.75, 3.05) is 0 Å². The summed E-state index contributed by atoms with van der Waals surface area (Å²) in [6, 6.07) is 14.2. The number of halogens is 2. The molecule has 0 unspecified atom stereocenters. The van der Waals surface area contributed by atoms with Gasteiger partial charge in [0.15, 0.2) is 17.3 Å². The molecule has 0 saturated carbocycles. The number of ether oxygens (including phenoxy) is 1. The average molecular weight is 383 g/mol. The number of fused-ring (bicyclic) bond motifs is 1. The van der Waals surface area contributed by atoms with Crippen molar-refractivity contribution in [3.8, 4) is 23.0 Å². The van der Waals surface area contributed by atoms with Gasteiger partial charge in [-0.15, -0.1) is 15.3 Å². The van der Waals surface area contributed by atoms with Crippen molar-refractivity contribution in [2.45, 2.75) is 6.92 Å². The molecule has 0 N–H and O–H groups in total. The van der Waals surface area contributed by atoms with Crippen molar-refractivity contribution in [1.29, 1.82) is 0 Å². The molecule has 4 rings (SSSR count). The zero-order chi connectivity index (χ0) is 19.0. The van der Waals surface area contributed by atoms with Crippen LogP contribution in [0.5, 0.6) is 11.6 Å². The van der Waals surface area contributed by atoms with Crippen LogP contribution in [0.25, 0.3) is 17.0 Å². The number of ketones is 1. The standard InChI is InChI=1S/C19H12ClFN4O2/c1-11(26)12-6-7-16(14(20)10-12)27-18-9-8-17-22-23-19(25(17)24-18)13-4-2-3-5-15(13)21/h2-10H,1H3. The van der Waals surface area contributed by atoms with Crippen LogP contribution in [-0.2, 0) is 0 Å². The first-order valence-electron chi connectivity index (χ1n) is 7.98. The Hall–Kier alpha value is -3.32. The third kappa shape index (κ3) is 3.24. The highest BCUT2D eigenvalue weighted by atomic mass is 35.5. The number of aromatic nitrogens is 4. The zero-order valence-corrected chi connectivity index (χ0v) is 14.8. The number of carbonyl (C=O) groups excluding carboxylic acids is 1. The molecule has 0 fully saturated rings. The van der Waals surface area contributed by atoms with Crippen LogP contribution in [0.3, 0.4) is 0 Å². The lowest BCUT2D eigenvalue weighted by molar-refractivity contribution is 0.101. The van der Waals surface area contributed by atoms with Gasteiger partial charge in [-0.1, -0.05) is 23.7 Å². The van der Waals surface area contributed by atoms with E-state index >= 15 is 0 Å². The Labute approximate surface area is 158 Å². The van der Waals surface area contributed by atoms with Crippen LogP contribution in [0.4, 0.5) is 4.39 Å². The Balaban J connectivity index is 1.73. The fraction of sp³-hybridized carbons (Fsp3) is 0.0526. The fourth-order valence-electron chi connectivity index (χ4n) is 2.55. The van der Waals surface area contributed by atoms with Crippen molar-refractivity contribution >= 4 is 23.0 Å². The number of nitrogens with zero attached hydrogens (tertiary/aromatic N) is 4. The molecule has 0 bridgehead atoms. The van der Waals surface area contributed by atoms with Crippen molar-refractivity contribution in [2.24, 2.45) is 0 Å². The van der Waals surface area contributed by atoms with Crippen LogP contribution in [0.2, 0.25) is 5.02 Å². The molecule has 0 atom stereocenters. The maximum Gasteiger partial charge on any atom is 0.237 e. The van der Waals surface area contributed by atoms with Crippen LogP contribution in [0.1, 0.15) is 17.3 Å². The van der Waals surface area contributed by atoms with Crippen molar-refractivity contribution < 1.29 is 13.9 Å². The molecule has 0 amide bonds. The number of hydrogen-bond acceptors (Lipinski definition) is 5. The Kier molecular flexibility index (Phi) is 4.29. The first kappa shape index (κ1) is 17.1. The Morgan fingerprint density at radius 3 is 2.67 bits per heavy atom. The highest BCUT2D eigenvalue weighted by Gasteiger charge is 2.15. The molecular formula is C19H12ClFN4O2. The minimum Gasteiger partial charge on any atom is -0.436 e. The number of hydrogen-bond donors (Lipinski definition) is 0. The van der Waals surface area contributed by atoms with E-state index in [0.717, 1.165) is 0 Å². The Bertz CT molecular complexity index is 1180. The maximum atomic E-state index is 14.1. The second-order valence-corrected chi connectivity index (χ2v) is 6.16. The highest BCUT2D eigenvalue weighted by Crippen LogP contribution is 2.30. The Morgan fingerprint density at radius 1 is 1.11 bits per heavy atom. The molecular weight excluding hydrogens is 371 g/mol. The third-order valence-corrected chi connectivity index (χ3v) is 4.20. The summed E-state index contributed by atoms with van der Waals surface area (Å²) < 4.78 is 21.2. The molecule has 0 spiro atoms.